The maximum absolute atomic E-state index is 13.6. The highest BCUT2D eigenvalue weighted by Gasteiger charge is 2.15. The van der Waals surface area contributed by atoms with E-state index < -0.39 is 11.6 Å². The maximum Gasteiger partial charge on any atom is 0.168 e. The van der Waals surface area contributed by atoms with E-state index in [9.17, 15) is 8.78 Å². The van der Waals surface area contributed by atoms with Crippen molar-refractivity contribution in [2.45, 2.75) is 32.9 Å². The second-order valence-corrected chi connectivity index (χ2v) is 4.61. The van der Waals surface area contributed by atoms with Gasteiger partial charge in [0.25, 0.3) is 0 Å². The lowest BCUT2D eigenvalue weighted by molar-refractivity contribution is 0.495. The molecule has 1 aromatic carbocycles. The SMILES string of the molecule is CCCNC(C)c1nnnn1Cc1ccc(F)cc1F. The van der Waals surface area contributed by atoms with Gasteiger partial charge in [0.1, 0.15) is 11.6 Å². The van der Waals surface area contributed by atoms with Gasteiger partial charge < -0.3 is 5.32 Å². The van der Waals surface area contributed by atoms with Crippen molar-refractivity contribution in [1.29, 1.82) is 0 Å². The van der Waals surface area contributed by atoms with Gasteiger partial charge in [0.15, 0.2) is 5.82 Å². The number of rotatable bonds is 6. The van der Waals surface area contributed by atoms with Crippen molar-refractivity contribution in [3.63, 3.8) is 0 Å². The molecule has 1 aromatic heterocycles. The van der Waals surface area contributed by atoms with E-state index in [0.29, 0.717) is 11.4 Å². The molecular weight excluding hydrogens is 264 g/mol. The van der Waals surface area contributed by atoms with Crippen LogP contribution in [0.25, 0.3) is 0 Å². The number of nitrogens with one attached hydrogen (secondary N) is 1. The van der Waals surface area contributed by atoms with Crippen LogP contribution >= 0.6 is 0 Å². The van der Waals surface area contributed by atoms with Crippen molar-refractivity contribution in [2.75, 3.05) is 6.54 Å². The summed E-state index contributed by atoms with van der Waals surface area (Å²) in [6, 6.07) is 3.45. The van der Waals surface area contributed by atoms with Crippen LogP contribution in [0.5, 0.6) is 0 Å². The largest absolute Gasteiger partial charge is 0.307 e. The van der Waals surface area contributed by atoms with Gasteiger partial charge in [0, 0.05) is 11.6 Å². The zero-order chi connectivity index (χ0) is 14.5. The van der Waals surface area contributed by atoms with Gasteiger partial charge in [-0.05, 0) is 36.4 Å². The minimum atomic E-state index is -0.597. The predicted octanol–water partition coefficient (Wildman–Crippen LogP) is 2.06. The molecule has 1 heterocycles. The Morgan fingerprint density at radius 2 is 2.15 bits per heavy atom. The Kier molecular flexibility index (Phi) is 4.73. The molecule has 0 aliphatic rings. The highest BCUT2D eigenvalue weighted by Crippen LogP contribution is 2.13. The topological polar surface area (TPSA) is 55.6 Å². The van der Waals surface area contributed by atoms with Crippen LogP contribution in [0.3, 0.4) is 0 Å². The van der Waals surface area contributed by atoms with E-state index in [-0.39, 0.29) is 12.6 Å². The monoisotopic (exact) mass is 281 g/mol. The minimum Gasteiger partial charge on any atom is -0.307 e. The summed E-state index contributed by atoms with van der Waals surface area (Å²) in [6.45, 7) is 5.03. The van der Waals surface area contributed by atoms with E-state index in [1.165, 1.54) is 16.8 Å². The highest BCUT2D eigenvalue weighted by atomic mass is 19.1. The third kappa shape index (κ3) is 3.36. The van der Waals surface area contributed by atoms with Crippen LogP contribution in [0.4, 0.5) is 8.78 Å². The molecule has 1 unspecified atom stereocenters. The number of hydrogen-bond acceptors (Lipinski definition) is 4. The van der Waals surface area contributed by atoms with Crippen molar-refractivity contribution in [3.8, 4) is 0 Å². The molecule has 0 radical (unpaired) electrons. The van der Waals surface area contributed by atoms with Gasteiger partial charge in [0.05, 0.1) is 12.6 Å². The lowest BCUT2D eigenvalue weighted by Crippen LogP contribution is -2.23. The first-order valence-corrected chi connectivity index (χ1v) is 6.55. The minimum absolute atomic E-state index is 0.0338. The number of aromatic nitrogens is 4. The smallest absolute Gasteiger partial charge is 0.168 e. The van der Waals surface area contributed by atoms with Gasteiger partial charge in [0.2, 0.25) is 0 Å². The second-order valence-electron chi connectivity index (χ2n) is 4.61. The summed E-state index contributed by atoms with van der Waals surface area (Å²) in [5.41, 5.74) is 0.350. The Balaban J connectivity index is 2.16. The van der Waals surface area contributed by atoms with Crippen molar-refractivity contribution in [1.82, 2.24) is 25.5 Å². The normalized spacial score (nSPS) is 12.6. The van der Waals surface area contributed by atoms with Crippen molar-refractivity contribution in [2.24, 2.45) is 0 Å². The number of tetrazole rings is 1. The molecule has 0 fully saturated rings. The summed E-state index contributed by atoms with van der Waals surface area (Å²) >= 11 is 0. The Hall–Kier alpha value is -1.89. The van der Waals surface area contributed by atoms with E-state index in [1.807, 2.05) is 6.92 Å². The van der Waals surface area contributed by atoms with Crippen LogP contribution < -0.4 is 5.32 Å². The number of hydrogen-bond donors (Lipinski definition) is 1. The van der Waals surface area contributed by atoms with Crippen LogP contribution in [0, 0.1) is 11.6 Å². The average Bonchev–Trinajstić information content (AvgIpc) is 2.87. The van der Waals surface area contributed by atoms with Gasteiger partial charge >= 0.3 is 0 Å². The fraction of sp³-hybridized carbons (Fsp3) is 0.462. The zero-order valence-electron chi connectivity index (χ0n) is 11.5. The summed E-state index contributed by atoms with van der Waals surface area (Å²) < 4.78 is 28.0. The molecule has 20 heavy (non-hydrogen) atoms. The summed E-state index contributed by atoms with van der Waals surface area (Å²) in [5.74, 6) is -0.566. The molecule has 0 bridgehead atoms. The molecule has 2 rings (SSSR count). The van der Waals surface area contributed by atoms with E-state index in [2.05, 4.69) is 27.8 Å². The van der Waals surface area contributed by atoms with Gasteiger partial charge in [-0.15, -0.1) is 5.10 Å². The lowest BCUT2D eigenvalue weighted by atomic mass is 10.2. The Morgan fingerprint density at radius 1 is 1.35 bits per heavy atom. The number of halogens is 2. The standard InChI is InChI=1S/C13H17F2N5/c1-3-6-16-9(2)13-17-18-19-20(13)8-10-4-5-11(14)7-12(10)15/h4-5,7,9,16H,3,6,8H2,1-2H3. The second kappa shape index (κ2) is 6.51. The summed E-state index contributed by atoms with van der Waals surface area (Å²) in [6.07, 6.45) is 0.999. The van der Waals surface area contributed by atoms with E-state index in [0.717, 1.165) is 19.0 Å². The summed E-state index contributed by atoms with van der Waals surface area (Å²) in [4.78, 5) is 0. The van der Waals surface area contributed by atoms with Gasteiger partial charge in [-0.3, -0.25) is 0 Å². The summed E-state index contributed by atoms with van der Waals surface area (Å²) in [5, 5.41) is 14.7. The third-order valence-corrected chi connectivity index (χ3v) is 2.98. The van der Waals surface area contributed by atoms with Crippen molar-refractivity contribution in [3.05, 3.63) is 41.2 Å². The molecule has 1 N–H and O–H groups in total. The molecule has 7 heteroatoms. The van der Waals surface area contributed by atoms with Crippen molar-refractivity contribution >= 4 is 0 Å². The zero-order valence-corrected chi connectivity index (χ0v) is 11.5. The van der Waals surface area contributed by atoms with Crippen LogP contribution in [-0.2, 0) is 6.54 Å². The first kappa shape index (κ1) is 14.5. The van der Waals surface area contributed by atoms with Crippen LogP contribution in [0.15, 0.2) is 18.2 Å². The Bertz CT molecular complexity index is 570. The molecule has 1 atom stereocenters. The molecule has 108 valence electrons. The van der Waals surface area contributed by atoms with E-state index in [4.69, 9.17) is 0 Å². The number of nitrogens with zero attached hydrogens (tertiary/aromatic N) is 4. The Labute approximate surface area is 116 Å². The maximum atomic E-state index is 13.6. The fourth-order valence-electron chi connectivity index (χ4n) is 1.90. The summed E-state index contributed by atoms with van der Waals surface area (Å²) in [7, 11) is 0. The Morgan fingerprint density at radius 3 is 2.85 bits per heavy atom. The van der Waals surface area contributed by atoms with E-state index in [1.54, 1.807) is 0 Å². The molecule has 0 saturated heterocycles. The van der Waals surface area contributed by atoms with Crippen LogP contribution in [-0.4, -0.2) is 26.8 Å². The molecular formula is C13H17F2N5. The molecule has 0 amide bonds. The first-order chi connectivity index (χ1) is 9.61. The van der Waals surface area contributed by atoms with Crippen LogP contribution in [0.1, 0.15) is 37.7 Å². The third-order valence-electron chi connectivity index (χ3n) is 2.98. The van der Waals surface area contributed by atoms with Gasteiger partial charge in [-0.25, -0.2) is 13.5 Å². The molecule has 0 spiro atoms. The molecule has 2 aromatic rings. The van der Waals surface area contributed by atoms with Gasteiger partial charge in [-0.2, -0.15) is 0 Å². The van der Waals surface area contributed by atoms with E-state index >= 15 is 0 Å². The molecule has 5 nitrogen and oxygen atoms in total. The first-order valence-electron chi connectivity index (χ1n) is 6.55. The van der Waals surface area contributed by atoms with Gasteiger partial charge in [-0.1, -0.05) is 13.0 Å². The van der Waals surface area contributed by atoms with Crippen LogP contribution in [0.2, 0.25) is 0 Å². The predicted molar refractivity (Wildman–Crippen MR) is 70.0 cm³/mol. The lowest BCUT2D eigenvalue weighted by Gasteiger charge is -2.13. The average molecular weight is 281 g/mol. The molecule has 0 aliphatic carbocycles. The quantitative estimate of drug-likeness (QED) is 0.880. The molecule has 0 saturated carbocycles. The fourth-order valence-corrected chi connectivity index (χ4v) is 1.90. The molecule has 0 aliphatic heterocycles. The van der Waals surface area contributed by atoms with Crippen molar-refractivity contribution < 1.29 is 8.78 Å². The highest BCUT2D eigenvalue weighted by molar-refractivity contribution is 5.19. The number of benzene rings is 1.